The Labute approximate surface area is 158 Å². The van der Waals surface area contributed by atoms with E-state index in [9.17, 15) is 9.59 Å². The lowest BCUT2D eigenvalue weighted by Gasteiger charge is -2.20. The van der Waals surface area contributed by atoms with Crippen LogP contribution in [0.4, 0.5) is 0 Å². The number of hydrogen-bond acceptors (Lipinski definition) is 6. The largest absolute Gasteiger partial charge is 0.493 e. The number of amides is 1. The maximum absolute atomic E-state index is 11.9. The number of benzene rings is 1. The van der Waals surface area contributed by atoms with Crippen molar-refractivity contribution in [3.8, 4) is 11.5 Å². The fourth-order valence-corrected chi connectivity index (χ4v) is 2.58. The number of fused-ring (bicyclic) bond motifs is 1. The molecule has 1 amide bonds. The van der Waals surface area contributed by atoms with Gasteiger partial charge >= 0.3 is 5.97 Å². The third kappa shape index (κ3) is 6.59. The van der Waals surface area contributed by atoms with Crippen LogP contribution in [0.2, 0.25) is 0 Å². The van der Waals surface area contributed by atoms with Crippen LogP contribution >= 0.6 is 12.6 Å². The van der Waals surface area contributed by atoms with Crippen LogP contribution in [-0.2, 0) is 9.59 Å². The standard InChI is InChI=1S/C18H24N2O5S/c1-18(2,26)11-16(21)20-19-14-7-9-25-15-10-12(5-6-13(14)15)24-8-3-4-17(22)23/h5-6,10,26H,3-4,7-9,11H2,1-2H3,(H,20,21)(H,22,23). The van der Waals surface area contributed by atoms with Gasteiger partial charge in [-0.25, -0.2) is 5.43 Å². The fourth-order valence-electron chi connectivity index (χ4n) is 2.43. The number of carboxylic acid groups (broad SMARTS) is 1. The van der Waals surface area contributed by atoms with Crippen molar-refractivity contribution in [2.24, 2.45) is 5.10 Å². The average Bonchev–Trinajstić information content (AvgIpc) is 2.55. The molecule has 8 heteroatoms. The first kappa shape index (κ1) is 20.1. The molecule has 1 heterocycles. The lowest BCUT2D eigenvalue weighted by molar-refractivity contribution is -0.137. The molecule has 1 aliphatic heterocycles. The van der Waals surface area contributed by atoms with Gasteiger partial charge < -0.3 is 14.6 Å². The van der Waals surface area contributed by atoms with E-state index < -0.39 is 10.7 Å². The maximum atomic E-state index is 11.9. The molecule has 0 fully saturated rings. The van der Waals surface area contributed by atoms with Crippen molar-refractivity contribution in [3.63, 3.8) is 0 Å². The molecule has 0 unspecified atom stereocenters. The summed E-state index contributed by atoms with van der Waals surface area (Å²) in [5, 5.41) is 12.9. The zero-order valence-corrected chi connectivity index (χ0v) is 15.8. The van der Waals surface area contributed by atoms with E-state index in [0.717, 1.165) is 11.3 Å². The number of carbonyl (C=O) groups is 2. The molecule has 2 rings (SSSR count). The highest BCUT2D eigenvalue weighted by Gasteiger charge is 2.20. The topological polar surface area (TPSA) is 97.2 Å². The lowest BCUT2D eigenvalue weighted by Crippen LogP contribution is -2.28. The Morgan fingerprint density at radius 2 is 2.19 bits per heavy atom. The zero-order valence-electron chi connectivity index (χ0n) is 14.9. The van der Waals surface area contributed by atoms with Crippen LogP contribution in [0.25, 0.3) is 0 Å². The van der Waals surface area contributed by atoms with Crippen LogP contribution in [-0.4, -0.2) is 40.7 Å². The minimum Gasteiger partial charge on any atom is -0.493 e. The third-order valence-corrected chi connectivity index (χ3v) is 3.73. The number of rotatable bonds is 8. The van der Waals surface area contributed by atoms with Gasteiger partial charge in [0.1, 0.15) is 11.5 Å². The number of aliphatic carboxylic acids is 1. The summed E-state index contributed by atoms with van der Waals surface area (Å²) < 4.78 is 10.8. The molecule has 0 aromatic heterocycles. The van der Waals surface area contributed by atoms with Crippen molar-refractivity contribution in [3.05, 3.63) is 23.8 Å². The molecule has 0 saturated carbocycles. The Morgan fingerprint density at radius 3 is 2.88 bits per heavy atom. The molecule has 0 atom stereocenters. The average molecular weight is 380 g/mol. The van der Waals surface area contributed by atoms with Gasteiger partial charge in [-0.1, -0.05) is 13.8 Å². The normalized spacial score (nSPS) is 15.1. The van der Waals surface area contributed by atoms with E-state index in [0.29, 0.717) is 37.6 Å². The van der Waals surface area contributed by atoms with Crippen LogP contribution in [0.5, 0.6) is 11.5 Å². The van der Waals surface area contributed by atoms with Gasteiger partial charge in [-0.15, -0.1) is 0 Å². The summed E-state index contributed by atoms with van der Waals surface area (Å²) >= 11 is 4.34. The van der Waals surface area contributed by atoms with Crippen molar-refractivity contribution in [1.29, 1.82) is 0 Å². The van der Waals surface area contributed by atoms with E-state index in [-0.39, 0.29) is 18.7 Å². The highest BCUT2D eigenvalue weighted by molar-refractivity contribution is 7.81. The maximum Gasteiger partial charge on any atom is 0.303 e. The molecule has 2 N–H and O–H groups in total. The first-order valence-corrected chi connectivity index (χ1v) is 8.89. The molecule has 0 aliphatic carbocycles. The number of thiol groups is 1. The summed E-state index contributed by atoms with van der Waals surface area (Å²) in [7, 11) is 0. The second kappa shape index (κ2) is 8.93. The van der Waals surface area contributed by atoms with E-state index in [4.69, 9.17) is 14.6 Å². The Hall–Kier alpha value is -2.22. The Balaban J connectivity index is 1.99. The SMILES string of the molecule is CC(C)(S)CC(=O)NN=C1CCOc2cc(OCCCC(=O)O)ccc21. The van der Waals surface area contributed by atoms with Gasteiger partial charge in [0.25, 0.3) is 0 Å². The number of hydrazone groups is 1. The summed E-state index contributed by atoms with van der Waals surface area (Å²) in [6.45, 7) is 4.51. The summed E-state index contributed by atoms with van der Waals surface area (Å²) in [5.41, 5.74) is 4.12. The number of nitrogens with zero attached hydrogens (tertiary/aromatic N) is 1. The molecular weight excluding hydrogens is 356 g/mol. The Kier molecular flexibility index (Phi) is 6.90. The van der Waals surface area contributed by atoms with Crippen molar-refractivity contribution in [2.75, 3.05) is 13.2 Å². The van der Waals surface area contributed by atoms with Gasteiger partial charge in [0.05, 0.1) is 18.9 Å². The molecule has 1 aliphatic rings. The minimum atomic E-state index is -0.841. The fraction of sp³-hybridized carbons (Fsp3) is 0.500. The molecule has 26 heavy (non-hydrogen) atoms. The van der Waals surface area contributed by atoms with E-state index in [2.05, 4.69) is 23.2 Å². The zero-order chi connectivity index (χ0) is 19.2. The lowest BCUT2D eigenvalue weighted by atomic mass is 10.0. The highest BCUT2D eigenvalue weighted by atomic mass is 32.1. The van der Waals surface area contributed by atoms with Crippen LogP contribution in [0, 0.1) is 0 Å². The predicted octanol–water partition coefficient (Wildman–Crippen LogP) is 2.63. The summed E-state index contributed by atoms with van der Waals surface area (Å²) in [6, 6.07) is 5.36. The van der Waals surface area contributed by atoms with Crippen LogP contribution in [0.15, 0.2) is 23.3 Å². The molecule has 7 nitrogen and oxygen atoms in total. The molecular formula is C18H24N2O5S. The van der Waals surface area contributed by atoms with E-state index in [1.54, 1.807) is 12.1 Å². The second-order valence-electron chi connectivity index (χ2n) is 6.68. The molecule has 0 spiro atoms. The van der Waals surface area contributed by atoms with Gasteiger partial charge in [0.15, 0.2) is 0 Å². The second-order valence-corrected chi connectivity index (χ2v) is 7.90. The molecule has 0 radical (unpaired) electrons. The van der Waals surface area contributed by atoms with Crippen molar-refractivity contribution in [1.82, 2.24) is 5.43 Å². The van der Waals surface area contributed by atoms with E-state index >= 15 is 0 Å². The quantitative estimate of drug-likeness (QED) is 0.366. The smallest absolute Gasteiger partial charge is 0.303 e. The van der Waals surface area contributed by atoms with Crippen LogP contribution < -0.4 is 14.9 Å². The molecule has 0 saturated heterocycles. The van der Waals surface area contributed by atoms with Crippen molar-refractivity contribution >= 4 is 30.2 Å². The number of ether oxygens (including phenoxy) is 2. The number of carboxylic acids is 1. The van der Waals surface area contributed by atoms with Gasteiger partial charge in [-0.05, 0) is 18.6 Å². The summed E-state index contributed by atoms with van der Waals surface area (Å²) in [4.78, 5) is 22.4. The molecule has 1 aromatic rings. The van der Waals surface area contributed by atoms with Crippen molar-refractivity contribution in [2.45, 2.75) is 44.3 Å². The Bertz CT molecular complexity index is 697. The number of nitrogens with one attached hydrogen (secondary N) is 1. The van der Waals surface area contributed by atoms with Gasteiger partial charge in [0, 0.05) is 35.6 Å². The summed E-state index contributed by atoms with van der Waals surface area (Å²) in [6.07, 6.45) is 1.37. The molecule has 1 aromatic carbocycles. The predicted molar refractivity (Wildman–Crippen MR) is 101 cm³/mol. The van der Waals surface area contributed by atoms with Gasteiger partial charge in [-0.2, -0.15) is 17.7 Å². The summed E-state index contributed by atoms with van der Waals surface area (Å²) in [5.74, 6) is 0.210. The number of carbonyl (C=O) groups excluding carboxylic acids is 1. The van der Waals surface area contributed by atoms with Crippen molar-refractivity contribution < 1.29 is 24.2 Å². The first-order valence-electron chi connectivity index (χ1n) is 8.44. The van der Waals surface area contributed by atoms with Gasteiger partial charge in [-0.3, -0.25) is 9.59 Å². The van der Waals surface area contributed by atoms with E-state index in [1.807, 2.05) is 19.9 Å². The third-order valence-electron chi connectivity index (χ3n) is 3.57. The minimum absolute atomic E-state index is 0.0705. The molecule has 142 valence electrons. The molecule has 0 bridgehead atoms. The first-order chi connectivity index (χ1) is 12.2. The highest BCUT2D eigenvalue weighted by Crippen LogP contribution is 2.29. The van der Waals surface area contributed by atoms with Crippen LogP contribution in [0.3, 0.4) is 0 Å². The Morgan fingerprint density at radius 1 is 1.42 bits per heavy atom. The van der Waals surface area contributed by atoms with E-state index in [1.165, 1.54) is 0 Å². The van der Waals surface area contributed by atoms with Gasteiger partial charge in [0.2, 0.25) is 5.91 Å². The monoisotopic (exact) mass is 380 g/mol. The number of hydrogen-bond donors (Lipinski definition) is 3. The van der Waals surface area contributed by atoms with Crippen LogP contribution in [0.1, 0.15) is 45.1 Å².